The lowest BCUT2D eigenvalue weighted by molar-refractivity contribution is 1.27. The highest BCUT2D eigenvalue weighted by atomic mass is 32.2. The molecule has 5 heteroatoms. The molecule has 1 aromatic heterocycles. The molecule has 0 fully saturated rings. The Morgan fingerprint density at radius 3 is 2.74 bits per heavy atom. The first-order valence-electron chi connectivity index (χ1n) is 7.22. The number of benzene rings is 2. The van der Waals surface area contributed by atoms with Gasteiger partial charge < -0.3 is 10.6 Å². The van der Waals surface area contributed by atoms with Crippen LogP contribution in [-0.4, -0.2) is 11.5 Å². The normalized spacial score (nSPS) is 11.1. The van der Waals surface area contributed by atoms with E-state index in [2.05, 4.69) is 64.7 Å². The summed E-state index contributed by atoms with van der Waals surface area (Å²) in [6.07, 6.45) is 3.63. The predicted molar refractivity (Wildman–Crippen MR) is 101 cm³/mol. The van der Waals surface area contributed by atoms with Gasteiger partial charge in [-0.05, 0) is 24.3 Å². The van der Waals surface area contributed by atoms with Crippen LogP contribution in [-0.2, 0) is 0 Å². The van der Waals surface area contributed by atoms with E-state index in [4.69, 9.17) is 0 Å². The lowest BCUT2D eigenvalue weighted by atomic mass is 10.2. The van der Waals surface area contributed by atoms with Crippen LogP contribution in [0.25, 0.3) is 0 Å². The highest BCUT2D eigenvalue weighted by Crippen LogP contribution is 2.46. The predicted octanol–water partition coefficient (Wildman–Crippen LogP) is 5.64. The Bertz CT molecular complexity index is 752. The van der Waals surface area contributed by atoms with E-state index in [1.165, 1.54) is 15.5 Å². The fourth-order valence-corrected chi connectivity index (χ4v) is 3.54. The Morgan fingerprint density at radius 2 is 2.00 bits per heavy atom. The van der Waals surface area contributed by atoms with Crippen LogP contribution >= 0.6 is 23.1 Å². The molecule has 0 spiro atoms. The van der Waals surface area contributed by atoms with Gasteiger partial charge in [0, 0.05) is 27.9 Å². The molecule has 116 valence electrons. The molecule has 2 heterocycles. The molecular weight excluding hydrogens is 322 g/mol. The lowest BCUT2D eigenvalue weighted by Gasteiger charge is -2.23. The van der Waals surface area contributed by atoms with Crippen molar-refractivity contribution in [2.24, 2.45) is 0 Å². The molecule has 0 saturated carbocycles. The maximum atomic E-state index is 3.74. The Labute approximate surface area is 144 Å². The summed E-state index contributed by atoms with van der Waals surface area (Å²) in [5.41, 5.74) is 5.24. The van der Waals surface area contributed by atoms with Crippen molar-refractivity contribution in [1.29, 1.82) is 0 Å². The number of rotatable bonds is 3. The van der Waals surface area contributed by atoms with Crippen molar-refractivity contribution >= 4 is 40.2 Å². The molecule has 0 bridgehead atoms. The highest BCUT2D eigenvalue weighted by molar-refractivity contribution is 7.99. The average Bonchev–Trinajstić information content (AvgIpc) is 3.18. The third-order valence-corrected chi connectivity index (χ3v) is 4.84. The van der Waals surface area contributed by atoms with Gasteiger partial charge in [0.2, 0.25) is 0 Å². The summed E-state index contributed by atoms with van der Waals surface area (Å²) in [7, 11) is 0. The zero-order valence-electron chi connectivity index (χ0n) is 12.5. The number of para-hydroxylation sites is 2. The van der Waals surface area contributed by atoms with E-state index < -0.39 is 0 Å². The first kappa shape index (κ1) is 15.6. The summed E-state index contributed by atoms with van der Waals surface area (Å²) < 4.78 is 0. The molecule has 3 aromatic rings. The SMILES string of the molecule is C=CCNc1cccc2c1Nc1ccccc1S2.c1cscn1. The van der Waals surface area contributed by atoms with Gasteiger partial charge in [-0.15, -0.1) is 17.9 Å². The van der Waals surface area contributed by atoms with Crippen LogP contribution in [0.3, 0.4) is 0 Å². The van der Waals surface area contributed by atoms with Crippen molar-refractivity contribution in [1.82, 2.24) is 4.98 Å². The molecular formula is C18H17N3S2. The van der Waals surface area contributed by atoms with Gasteiger partial charge in [-0.3, -0.25) is 4.98 Å². The van der Waals surface area contributed by atoms with E-state index >= 15 is 0 Å². The summed E-state index contributed by atoms with van der Waals surface area (Å²) in [5.74, 6) is 0. The Hall–Kier alpha value is -2.24. The maximum absolute atomic E-state index is 3.74. The summed E-state index contributed by atoms with van der Waals surface area (Å²) in [6, 6.07) is 14.7. The molecule has 0 atom stereocenters. The smallest absolute Gasteiger partial charge is 0.0791 e. The summed E-state index contributed by atoms with van der Waals surface area (Å²) in [4.78, 5) is 6.26. The monoisotopic (exact) mass is 339 g/mol. The number of aromatic nitrogens is 1. The van der Waals surface area contributed by atoms with Gasteiger partial charge in [0.15, 0.2) is 0 Å². The Morgan fingerprint density at radius 1 is 1.13 bits per heavy atom. The van der Waals surface area contributed by atoms with Crippen LogP contribution in [0.1, 0.15) is 0 Å². The van der Waals surface area contributed by atoms with Crippen molar-refractivity contribution in [3.8, 4) is 0 Å². The van der Waals surface area contributed by atoms with Crippen molar-refractivity contribution in [3.05, 3.63) is 72.2 Å². The van der Waals surface area contributed by atoms with Gasteiger partial charge >= 0.3 is 0 Å². The molecule has 1 aliphatic rings. The van der Waals surface area contributed by atoms with E-state index in [1.54, 1.807) is 34.8 Å². The van der Waals surface area contributed by atoms with Gasteiger partial charge in [-0.2, -0.15) is 0 Å². The second-order valence-electron chi connectivity index (χ2n) is 4.75. The first-order valence-corrected chi connectivity index (χ1v) is 8.98. The molecule has 3 nitrogen and oxygen atoms in total. The molecule has 2 N–H and O–H groups in total. The fourth-order valence-electron chi connectivity index (χ4n) is 2.16. The van der Waals surface area contributed by atoms with Gasteiger partial charge in [-0.25, -0.2) is 0 Å². The van der Waals surface area contributed by atoms with Crippen LogP contribution in [0.5, 0.6) is 0 Å². The van der Waals surface area contributed by atoms with Crippen LogP contribution < -0.4 is 10.6 Å². The molecule has 0 radical (unpaired) electrons. The molecule has 0 saturated heterocycles. The van der Waals surface area contributed by atoms with Gasteiger partial charge in [0.1, 0.15) is 0 Å². The van der Waals surface area contributed by atoms with Crippen molar-refractivity contribution < 1.29 is 0 Å². The van der Waals surface area contributed by atoms with Crippen molar-refractivity contribution in [2.45, 2.75) is 9.79 Å². The molecule has 4 rings (SSSR count). The van der Waals surface area contributed by atoms with Gasteiger partial charge in [0.25, 0.3) is 0 Å². The topological polar surface area (TPSA) is 37.0 Å². The van der Waals surface area contributed by atoms with E-state index in [-0.39, 0.29) is 0 Å². The number of anilines is 3. The number of hydrogen-bond acceptors (Lipinski definition) is 5. The largest absolute Gasteiger partial charge is 0.380 e. The number of hydrogen-bond donors (Lipinski definition) is 2. The maximum Gasteiger partial charge on any atom is 0.0791 e. The zero-order chi connectivity index (χ0) is 15.9. The molecule has 23 heavy (non-hydrogen) atoms. The standard InChI is InChI=1S/C15H14N2S.C3H3NS/c1-2-10-16-12-7-5-9-14-15(12)17-11-6-3-4-8-13(11)18-14;1-2-5-3-4-1/h2-9,16-17H,1,10H2;1-3H. The van der Waals surface area contributed by atoms with E-state index in [0.717, 1.165) is 17.9 Å². The number of nitrogens with one attached hydrogen (secondary N) is 2. The van der Waals surface area contributed by atoms with E-state index in [9.17, 15) is 0 Å². The van der Waals surface area contributed by atoms with Crippen molar-refractivity contribution in [3.63, 3.8) is 0 Å². The quantitative estimate of drug-likeness (QED) is 0.474. The number of nitrogens with zero attached hydrogens (tertiary/aromatic N) is 1. The number of fused-ring (bicyclic) bond motifs is 2. The van der Waals surface area contributed by atoms with E-state index in [1.807, 2.05) is 11.5 Å². The highest BCUT2D eigenvalue weighted by Gasteiger charge is 2.17. The summed E-state index contributed by atoms with van der Waals surface area (Å²) in [6.45, 7) is 4.50. The Kier molecular flexibility index (Phi) is 5.34. The molecule has 0 aliphatic carbocycles. The second kappa shape index (κ2) is 7.85. The Balaban J connectivity index is 0.000000267. The molecule has 1 aliphatic heterocycles. The average molecular weight is 339 g/mol. The molecule has 0 amide bonds. The minimum Gasteiger partial charge on any atom is -0.380 e. The first-order chi connectivity index (χ1) is 11.4. The fraction of sp³-hybridized carbons (Fsp3) is 0.0556. The third kappa shape index (κ3) is 3.94. The van der Waals surface area contributed by atoms with Crippen molar-refractivity contribution in [2.75, 3.05) is 17.2 Å². The van der Waals surface area contributed by atoms with Crippen LogP contribution in [0.15, 0.2) is 82.0 Å². The van der Waals surface area contributed by atoms with Crippen LogP contribution in [0.4, 0.5) is 17.1 Å². The molecule has 0 unspecified atom stereocenters. The van der Waals surface area contributed by atoms with Gasteiger partial charge in [0.05, 0.1) is 22.6 Å². The van der Waals surface area contributed by atoms with E-state index in [0.29, 0.717) is 0 Å². The summed E-state index contributed by atoms with van der Waals surface area (Å²) >= 11 is 3.40. The molecule has 2 aromatic carbocycles. The third-order valence-electron chi connectivity index (χ3n) is 3.18. The van der Waals surface area contributed by atoms with Crippen LogP contribution in [0.2, 0.25) is 0 Å². The number of thiazole rings is 1. The van der Waals surface area contributed by atoms with Gasteiger partial charge in [-0.1, -0.05) is 36.0 Å². The minimum atomic E-state index is 0.768. The lowest BCUT2D eigenvalue weighted by Crippen LogP contribution is -2.05. The second-order valence-corrected chi connectivity index (χ2v) is 6.59. The minimum absolute atomic E-state index is 0.768. The van der Waals surface area contributed by atoms with Crippen LogP contribution in [0, 0.1) is 0 Å². The summed E-state index contributed by atoms with van der Waals surface area (Å²) in [5, 5.41) is 8.79. The zero-order valence-corrected chi connectivity index (χ0v) is 14.2.